The van der Waals surface area contributed by atoms with Gasteiger partial charge < -0.3 is 5.32 Å². The van der Waals surface area contributed by atoms with E-state index in [4.69, 9.17) is 0 Å². The highest BCUT2D eigenvalue weighted by Crippen LogP contribution is 2.13. The second kappa shape index (κ2) is 5.89. The van der Waals surface area contributed by atoms with Crippen LogP contribution in [0.25, 0.3) is 0 Å². The molecule has 0 aliphatic rings. The van der Waals surface area contributed by atoms with Gasteiger partial charge in [-0.3, -0.25) is 4.98 Å². The standard InChI is InChI=1S/C13H17N3S/c1-3-12-8-16-13(17-12)9-14-6-11-5-4-10(2)15-7-11/h4-5,7-8,14H,3,6,9H2,1-2H3. The van der Waals surface area contributed by atoms with E-state index in [1.807, 2.05) is 25.4 Å². The fourth-order valence-corrected chi connectivity index (χ4v) is 2.34. The Morgan fingerprint density at radius 2 is 2.06 bits per heavy atom. The number of thiazole rings is 1. The third kappa shape index (κ3) is 3.61. The van der Waals surface area contributed by atoms with Gasteiger partial charge in [0.15, 0.2) is 0 Å². The average Bonchev–Trinajstić information content (AvgIpc) is 2.80. The van der Waals surface area contributed by atoms with Crippen molar-refractivity contribution in [2.24, 2.45) is 0 Å². The molecule has 0 aliphatic heterocycles. The van der Waals surface area contributed by atoms with Gasteiger partial charge in [0.05, 0.1) is 0 Å². The van der Waals surface area contributed by atoms with Crippen molar-refractivity contribution in [3.05, 3.63) is 45.7 Å². The number of aromatic nitrogens is 2. The predicted molar refractivity (Wildman–Crippen MR) is 71.0 cm³/mol. The normalized spacial score (nSPS) is 10.7. The molecule has 2 aromatic heterocycles. The molecule has 0 spiro atoms. The zero-order chi connectivity index (χ0) is 12.1. The molecular weight excluding hydrogens is 230 g/mol. The van der Waals surface area contributed by atoms with E-state index in [1.54, 1.807) is 11.3 Å². The maximum atomic E-state index is 4.37. The van der Waals surface area contributed by atoms with Crippen LogP contribution >= 0.6 is 11.3 Å². The van der Waals surface area contributed by atoms with E-state index < -0.39 is 0 Å². The summed E-state index contributed by atoms with van der Waals surface area (Å²) in [6.45, 7) is 5.83. The van der Waals surface area contributed by atoms with Crippen molar-refractivity contribution in [1.82, 2.24) is 15.3 Å². The summed E-state index contributed by atoms with van der Waals surface area (Å²) in [5.41, 5.74) is 2.27. The van der Waals surface area contributed by atoms with Crippen LogP contribution in [-0.2, 0) is 19.5 Å². The van der Waals surface area contributed by atoms with Crippen LogP contribution in [0, 0.1) is 6.92 Å². The van der Waals surface area contributed by atoms with Gasteiger partial charge in [0, 0.05) is 36.1 Å². The molecule has 4 heteroatoms. The van der Waals surface area contributed by atoms with Crippen LogP contribution in [0.1, 0.15) is 28.1 Å². The summed E-state index contributed by atoms with van der Waals surface area (Å²) in [5.74, 6) is 0. The lowest BCUT2D eigenvalue weighted by Crippen LogP contribution is -2.12. The van der Waals surface area contributed by atoms with Crippen LogP contribution in [0.3, 0.4) is 0 Å². The summed E-state index contributed by atoms with van der Waals surface area (Å²) in [6, 6.07) is 4.14. The molecule has 2 aromatic rings. The Hall–Kier alpha value is -1.26. The first-order valence-corrected chi connectivity index (χ1v) is 6.65. The number of nitrogens with one attached hydrogen (secondary N) is 1. The molecule has 0 fully saturated rings. The molecule has 1 N–H and O–H groups in total. The van der Waals surface area contributed by atoms with Crippen molar-refractivity contribution in [2.45, 2.75) is 33.4 Å². The summed E-state index contributed by atoms with van der Waals surface area (Å²) in [7, 11) is 0. The van der Waals surface area contributed by atoms with Crippen molar-refractivity contribution in [1.29, 1.82) is 0 Å². The maximum Gasteiger partial charge on any atom is 0.107 e. The highest BCUT2D eigenvalue weighted by atomic mass is 32.1. The van der Waals surface area contributed by atoms with Crippen molar-refractivity contribution >= 4 is 11.3 Å². The van der Waals surface area contributed by atoms with Crippen molar-refractivity contribution in [3.63, 3.8) is 0 Å². The van der Waals surface area contributed by atoms with Crippen molar-refractivity contribution in [2.75, 3.05) is 0 Å². The van der Waals surface area contributed by atoms with Crippen LogP contribution < -0.4 is 5.32 Å². The Balaban J connectivity index is 1.81. The minimum Gasteiger partial charge on any atom is -0.306 e. The minimum absolute atomic E-state index is 0.832. The lowest BCUT2D eigenvalue weighted by molar-refractivity contribution is 0.687. The lowest BCUT2D eigenvalue weighted by atomic mass is 10.2. The predicted octanol–water partition coefficient (Wildman–Crippen LogP) is 2.70. The van der Waals surface area contributed by atoms with Crippen molar-refractivity contribution in [3.8, 4) is 0 Å². The molecule has 17 heavy (non-hydrogen) atoms. The van der Waals surface area contributed by atoms with Gasteiger partial charge in [-0.2, -0.15) is 0 Å². The molecule has 3 nitrogen and oxygen atoms in total. The fraction of sp³-hybridized carbons (Fsp3) is 0.385. The van der Waals surface area contributed by atoms with Gasteiger partial charge >= 0.3 is 0 Å². The molecule has 0 amide bonds. The van der Waals surface area contributed by atoms with E-state index in [1.165, 1.54) is 10.4 Å². The van der Waals surface area contributed by atoms with Gasteiger partial charge in [0.2, 0.25) is 0 Å². The minimum atomic E-state index is 0.832. The lowest BCUT2D eigenvalue weighted by Gasteiger charge is -2.02. The highest BCUT2D eigenvalue weighted by molar-refractivity contribution is 7.11. The van der Waals surface area contributed by atoms with Gasteiger partial charge in [-0.05, 0) is 25.0 Å². The third-order valence-electron chi connectivity index (χ3n) is 2.53. The Labute approximate surface area is 106 Å². The van der Waals surface area contributed by atoms with E-state index in [2.05, 4.69) is 28.3 Å². The largest absolute Gasteiger partial charge is 0.306 e. The molecule has 0 aromatic carbocycles. The molecule has 0 saturated carbocycles. The summed E-state index contributed by atoms with van der Waals surface area (Å²) in [6.07, 6.45) is 4.95. The van der Waals surface area contributed by atoms with Gasteiger partial charge in [0.25, 0.3) is 0 Å². The smallest absolute Gasteiger partial charge is 0.107 e. The summed E-state index contributed by atoms with van der Waals surface area (Å²) in [4.78, 5) is 9.99. The molecule has 2 heterocycles. The van der Waals surface area contributed by atoms with E-state index in [9.17, 15) is 0 Å². The Morgan fingerprint density at radius 1 is 1.18 bits per heavy atom. The second-order valence-electron chi connectivity index (χ2n) is 3.99. The van der Waals surface area contributed by atoms with Gasteiger partial charge in [-0.25, -0.2) is 4.98 Å². The topological polar surface area (TPSA) is 37.8 Å². The summed E-state index contributed by atoms with van der Waals surface area (Å²) < 4.78 is 0. The SMILES string of the molecule is CCc1cnc(CNCc2ccc(C)nc2)s1. The van der Waals surface area contributed by atoms with Crippen LogP contribution in [0.4, 0.5) is 0 Å². The zero-order valence-corrected chi connectivity index (χ0v) is 11.0. The molecule has 0 atom stereocenters. The van der Waals surface area contributed by atoms with E-state index >= 15 is 0 Å². The van der Waals surface area contributed by atoms with Gasteiger partial charge in [0.1, 0.15) is 5.01 Å². The number of rotatable bonds is 5. The van der Waals surface area contributed by atoms with E-state index in [0.29, 0.717) is 0 Å². The van der Waals surface area contributed by atoms with E-state index in [0.717, 1.165) is 30.2 Å². The van der Waals surface area contributed by atoms with Gasteiger partial charge in [-0.15, -0.1) is 11.3 Å². The Bertz CT molecular complexity index is 462. The molecule has 0 saturated heterocycles. The van der Waals surface area contributed by atoms with Crippen LogP contribution in [0.15, 0.2) is 24.5 Å². The molecule has 2 rings (SSSR count). The summed E-state index contributed by atoms with van der Waals surface area (Å²) >= 11 is 1.78. The number of hydrogen-bond acceptors (Lipinski definition) is 4. The zero-order valence-electron chi connectivity index (χ0n) is 10.2. The van der Waals surface area contributed by atoms with Gasteiger partial charge in [-0.1, -0.05) is 13.0 Å². The van der Waals surface area contributed by atoms with Crippen molar-refractivity contribution < 1.29 is 0 Å². The molecule has 0 radical (unpaired) electrons. The fourth-order valence-electron chi connectivity index (χ4n) is 1.51. The van der Waals surface area contributed by atoms with Crippen LogP contribution in [-0.4, -0.2) is 9.97 Å². The molecule has 0 bridgehead atoms. The van der Waals surface area contributed by atoms with Crippen LogP contribution in [0.5, 0.6) is 0 Å². The molecular formula is C13H17N3S. The maximum absolute atomic E-state index is 4.37. The molecule has 90 valence electrons. The Morgan fingerprint density at radius 3 is 2.71 bits per heavy atom. The number of pyridine rings is 1. The number of nitrogens with zero attached hydrogens (tertiary/aromatic N) is 2. The first-order chi connectivity index (χ1) is 8.28. The molecule has 0 aliphatic carbocycles. The first kappa shape index (κ1) is 12.2. The van der Waals surface area contributed by atoms with E-state index in [-0.39, 0.29) is 0 Å². The number of aryl methyl sites for hydroxylation is 2. The molecule has 0 unspecified atom stereocenters. The second-order valence-corrected chi connectivity index (χ2v) is 5.18. The number of hydrogen-bond donors (Lipinski definition) is 1. The summed E-state index contributed by atoms with van der Waals surface area (Å²) in [5, 5.41) is 4.54. The quantitative estimate of drug-likeness (QED) is 0.882. The highest BCUT2D eigenvalue weighted by Gasteiger charge is 2.00. The van der Waals surface area contributed by atoms with Crippen LogP contribution in [0.2, 0.25) is 0 Å². The first-order valence-electron chi connectivity index (χ1n) is 5.83. The monoisotopic (exact) mass is 247 g/mol. The third-order valence-corrected chi connectivity index (χ3v) is 3.67. The average molecular weight is 247 g/mol. The Kier molecular flexibility index (Phi) is 4.23.